The van der Waals surface area contributed by atoms with Gasteiger partial charge in [0.25, 0.3) is 0 Å². The molecule has 19 heavy (non-hydrogen) atoms. The van der Waals surface area contributed by atoms with Gasteiger partial charge in [0, 0.05) is 12.0 Å². The molecule has 2 rings (SSSR count). The van der Waals surface area contributed by atoms with Gasteiger partial charge in [-0.3, -0.25) is 4.79 Å². The Morgan fingerprint density at radius 2 is 2.05 bits per heavy atom. The van der Waals surface area contributed by atoms with E-state index in [-0.39, 0.29) is 29.3 Å². The van der Waals surface area contributed by atoms with Crippen LogP contribution in [-0.2, 0) is 22.6 Å². The number of furan rings is 1. The van der Waals surface area contributed by atoms with Crippen molar-refractivity contribution < 1.29 is 13.9 Å². The Morgan fingerprint density at radius 1 is 1.42 bits per heavy atom. The van der Waals surface area contributed by atoms with Crippen molar-refractivity contribution in [2.24, 2.45) is 16.7 Å². The third-order valence-corrected chi connectivity index (χ3v) is 4.73. The second-order valence-electron chi connectivity index (χ2n) is 6.23. The van der Waals surface area contributed by atoms with Crippen LogP contribution in [0, 0.1) is 29.1 Å². The van der Waals surface area contributed by atoms with E-state index >= 15 is 0 Å². The van der Waals surface area contributed by atoms with Gasteiger partial charge in [0.15, 0.2) is 0 Å². The van der Waals surface area contributed by atoms with Crippen molar-refractivity contribution in [1.29, 1.82) is 0 Å². The van der Waals surface area contributed by atoms with Gasteiger partial charge in [0.1, 0.15) is 12.4 Å². The van der Waals surface area contributed by atoms with Crippen molar-refractivity contribution in [1.82, 2.24) is 0 Å². The summed E-state index contributed by atoms with van der Waals surface area (Å²) in [5.74, 6) is 3.00. The number of hydrogen-bond donors (Lipinski definition) is 0. The summed E-state index contributed by atoms with van der Waals surface area (Å²) in [5, 5.41) is 0. The van der Waals surface area contributed by atoms with E-state index in [1.807, 2.05) is 6.07 Å². The summed E-state index contributed by atoms with van der Waals surface area (Å²) in [7, 11) is 0. The van der Waals surface area contributed by atoms with E-state index in [1.165, 1.54) is 0 Å². The number of carbonyl (C=O) groups excluding carboxylic acids is 1. The summed E-state index contributed by atoms with van der Waals surface area (Å²) in [4.78, 5) is 12.1. The SMILES string of the molecule is C#CCc1ccoc1COC(=O)C1C(C)(C)C1(C)C. The van der Waals surface area contributed by atoms with Crippen molar-refractivity contribution >= 4 is 5.97 Å². The zero-order valence-corrected chi connectivity index (χ0v) is 11.9. The third-order valence-electron chi connectivity index (χ3n) is 4.73. The molecule has 1 aliphatic rings. The minimum atomic E-state index is -0.155. The van der Waals surface area contributed by atoms with E-state index in [4.69, 9.17) is 15.6 Å². The van der Waals surface area contributed by atoms with Gasteiger partial charge in [-0.2, -0.15) is 0 Å². The molecule has 0 spiro atoms. The smallest absolute Gasteiger partial charge is 0.310 e. The largest absolute Gasteiger partial charge is 0.465 e. The fraction of sp³-hybridized carbons (Fsp3) is 0.562. The summed E-state index contributed by atoms with van der Waals surface area (Å²) >= 11 is 0. The maximum atomic E-state index is 12.1. The molecule has 1 saturated carbocycles. The minimum absolute atomic E-state index is 0.00507. The first-order valence-electron chi connectivity index (χ1n) is 6.47. The number of rotatable bonds is 4. The summed E-state index contributed by atoms with van der Waals surface area (Å²) in [6, 6.07) is 1.81. The summed E-state index contributed by atoms with van der Waals surface area (Å²) in [5.41, 5.74) is 0.897. The van der Waals surface area contributed by atoms with E-state index in [1.54, 1.807) is 6.26 Å². The first-order valence-corrected chi connectivity index (χ1v) is 6.47. The normalized spacial score (nSPS) is 19.7. The molecular formula is C16H20O3. The summed E-state index contributed by atoms with van der Waals surface area (Å²) in [6.45, 7) is 8.53. The first kappa shape index (κ1) is 13.7. The molecule has 1 aliphatic carbocycles. The lowest BCUT2D eigenvalue weighted by Gasteiger charge is -2.05. The molecule has 0 atom stereocenters. The molecule has 0 bridgehead atoms. The number of hydrogen-bond acceptors (Lipinski definition) is 3. The van der Waals surface area contributed by atoms with Crippen molar-refractivity contribution in [3.63, 3.8) is 0 Å². The molecule has 3 nitrogen and oxygen atoms in total. The molecule has 0 aliphatic heterocycles. The predicted molar refractivity (Wildman–Crippen MR) is 72.1 cm³/mol. The lowest BCUT2D eigenvalue weighted by molar-refractivity contribution is -0.148. The highest BCUT2D eigenvalue weighted by atomic mass is 16.5. The Morgan fingerprint density at radius 3 is 2.58 bits per heavy atom. The Kier molecular flexibility index (Phi) is 3.22. The van der Waals surface area contributed by atoms with Gasteiger partial charge in [-0.25, -0.2) is 0 Å². The maximum Gasteiger partial charge on any atom is 0.310 e. The molecule has 0 N–H and O–H groups in total. The molecule has 1 aromatic heterocycles. The van der Waals surface area contributed by atoms with Gasteiger partial charge < -0.3 is 9.15 Å². The number of ether oxygens (including phenoxy) is 1. The van der Waals surface area contributed by atoms with Crippen molar-refractivity contribution in [2.75, 3.05) is 0 Å². The van der Waals surface area contributed by atoms with Crippen LogP contribution in [0.4, 0.5) is 0 Å². The van der Waals surface area contributed by atoms with Gasteiger partial charge in [-0.15, -0.1) is 12.3 Å². The van der Waals surface area contributed by atoms with Gasteiger partial charge in [-0.1, -0.05) is 27.7 Å². The van der Waals surface area contributed by atoms with Gasteiger partial charge in [0.05, 0.1) is 12.2 Å². The highest BCUT2D eigenvalue weighted by Gasteiger charge is 2.69. The van der Waals surface area contributed by atoms with Crippen LogP contribution in [0.5, 0.6) is 0 Å². The highest BCUT2D eigenvalue weighted by Crippen LogP contribution is 2.68. The Balaban J connectivity index is 1.96. The minimum Gasteiger partial charge on any atom is -0.465 e. The lowest BCUT2D eigenvalue weighted by atomic mass is 10.0. The Hall–Kier alpha value is -1.69. The molecule has 1 heterocycles. The molecular weight excluding hydrogens is 240 g/mol. The number of terminal acetylenes is 1. The van der Waals surface area contributed by atoms with E-state index in [0.29, 0.717) is 12.2 Å². The monoisotopic (exact) mass is 260 g/mol. The third kappa shape index (κ3) is 2.16. The van der Waals surface area contributed by atoms with Gasteiger partial charge >= 0.3 is 5.97 Å². The zero-order valence-electron chi connectivity index (χ0n) is 11.9. The molecule has 0 aromatic carbocycles. The first-order chi connectivity index (χ1) is 8.82. The second kappa shape index (κ2) is 4.45. The molecule has 0 radical (unpaired) electrons. The lowest BCUT2D eigenvalue weighted by Crippen LogP contribution is -2.11. The standard InChI is InChI=1S/C16H20O3/c1-6-7-11-8-9-18-12(11)10-19-14(17)13-15(2,3)16(13,4)5/h1,8-9,13H,7,10H2,2-5H3. The van der Waals surface area contributed by atoms with Crippen LogP contribution in [0.1, 0.15) is 39.0 Å². The molecule has 0 unspecified atom stereocenters. The van der Waals surface area contributed by atoms with Gasteiger partial charge in [0.2, 0.25) is 0 Å². The Bertz CT molecular complexity index is 514. The summed E-state index contributed by atoms with van der Waals surface area (Å²) < 4.78 is 10.7. The molecule has 1 fully saturated rings. The van der Waals surface area contributed by atoms with Crippen LogP contribution >= 0.6 is 0 Å². The maximum absolute atomic E-state index is 12.1. The van der Waals surface area contributed by atoms with Crippen molar-refractivity contribution in [3.8, 4) is 12.3 Å². The van der Waals surface area contributed by atoms with Crippen LogP contribution in [0.15, 0.2) is 16.7 Å². The quantitative estimate of drug-likeness (QED) is 0.616. The van der Waals surface area contributed by atoms with Crippen LogP contribution in [-0.4, -0.2) is 5.97 Å². The molecule has 0 amide bonds. The van der Waals surface area contributed by atoms with E-state index in [9.17, 15) is 4.79 Å². The van der Waals surface area contributed by atoms with E-state index < -0.39 is 0 Å². The topological polar surface area (TPSA) is 39.4 Å². The second-order valence-corrected chi connectivity index (χ2v) is 6.23. The van der Waals surface area contributed by atoms with Crippen LogP contribution in [0.2, 0.25) is 0 Å². The molecule has 3 heteroatoms. The molecule has 102 valence electrons. The molecule has 1 aromatic rings. The number of carbonyl (C=O) groups is 1. The fourth-order valence-electron chi connectivity index (χ4n) is 2.77. The van der Waals surface area contributed by atoms with E-state index in [0.717, 1.165) is 5.56 Å². The molecule has 0 saturated heterocycles. The fourth-order valence-corrected chi connectivity index (χ4v) is 2.77. The van der Waals surface area contributed by atoms with Crippen molar-refractivity contribution in [2.45, 2.75) is 40.7 Å². The average Bonchev–Trinajstić information content (AvgIpc) is 2.66. The Labute approximate surface area is 114 Å². The van der Waals surface area contributed by atoms with Crippen LogP contribution < -0.4 is 0 Å². The van der Waals surface area contributed by atoms with Crippen LogP contribution in [0.3, 0.4) is 0 Å². The summed E-state index contributed by atoms with van der Waals surface area (Å²) in [6.07, 6.45) is 7.33. The number of esters is 1. The zero-order chi connectivity index (χ0) is 14.3. The highest BCUT2D eigenvalue weighted by molar-refractivity contribution is 5.78. The van der Waals surface area contributed by atoms with E-state index in [2.05, 4.69) is 33.6 Å². The van der Waals surface area contributed by atoms with Crippen LogP contribution in [0.25, 0.3) is 0 Å². The van der Waals surface area contributed by atoms with Gasteiger partial charge in [-0.05, 0) is 16.9 Å². The average molecular weight is 260 g/mol. The van der Waals surface area contributed by atoms with Crippen molar-refractivity contribution in [3.05, 3.63) is 23.7 Å². The predicted octanol–water partition coefficient (Wildman–Crippen LogP) is 3.18.